The maximum absolute atomic E-state index is 11.9. The predicted octanol–water partition coefficient (Wildman–Crippen LogP) is 4.25. The zero-order chi connectivity index (χ0) is 17.4. The summed E-state index contributed by atoms with van der Waals surface area (Å²) in [5, 5.41) is 6.08. The number of anilines is 1. The van der Waals surface area contributed by atoms with Crippen molar-refractivity contribution in [1.29, 1.82) is 0 Å². The predicted molar refractivity (Wildman–Crippen MR) is 96.3 cm³/mol. The van der Waals surface area contributed by atoms with Crippen LogP contribution in [0.15, 0.2) is 42.5 Å². The summed E-state index contributed by atoms with van der Waals surface area (Å²) in [5.41, 5.74) is 1.63. The van der Waals surface area contributed by atoms with Gasteiger partial charge in [0, 0.05) is 16.8 Å². The highest BCUT2D eigenvalue weighted by atomic mass is 35.5. The molecule has 0 atom stereocenters. The summed E-state index contributed by atoms with van der Waals surface area (Å²) in [4.78, 5) is 11.9. The molecule has 0 bridgehead atoms. The highest BCUT2D eigenvalue weighted by Gasteiger charge is 2.05. The van der Waals surface area contributed by atoms with Gasteiger partial charge in [-0.1, -0.05) is 23.7 Å². The Bertz CT molecular complexity index is 692. The van der Waals surface area contributed by atoms with E-state index in [2.05, 4.69) is 10.6 Å². The molecule has 0 aliphatic heterocycles. The lowest BCUT2D eigenvalue weighted by Crippen LogP contribution is -2.32. The van der Waals surface area contributed by atoms with E-state index < -0.39 is 0 Å². The smallest absolute Gasteiger partial charge is 0.319 e. The molecule has 0 radical (unpaired) electrons. The lowest BCUT2D eigenvalue weighted by atomic mass is 10.2. The molecule has 0 aliphatic rings. The molecule has 0 unspecified atom stereocenters. The summed E-state index contributed by atoms with van der Waals surface area (Å²) in [6.07, 6.45) is 0. The summed E-state index contributed by atoms with van der Waals surface area (Å²) in [6.45, 7) is 5.17. The van der Waals surface area contributed by atoms with Gasteiger partial charge in [0.15, 0.2) is 0 Å². The third kappa shape index (κ3) is 5.66. The summed E-state index contributed by atoms with van der Waals surface area (Å²) >= 11 is 5.93. The van der Waals surface area contributed by atoms with Crippen molar-refractivity contribution in [2.45, 2.75) is 13.8 Å². The first-order valence-corrected chi connectivity index (χ1v) is 8.13. The molecule has 128 valence electrons. The first-order valence-electron chi connectivity index (χ1n) is 7.75. The number of urea groups is 1. The number of nitrogens with one attached hydrogen (secondary N) is 2. The summed E-state index contributed by atoms with van der Waals surface area (Å²) < 4.78 is 11.0. The van der Waals surface area contributed by atoms with E-state index in [4.69, 9.17) is 21.1 Å². The molecule has 0 aromatic heterocycles. The van der Waals surface area contributed by atoms with Gasteiger partial charge in [0.25, 0.3) is 0 Å². The fraction of sp³-hybridized carbons (Fsp3) is 0.278. The van der Waals surface area contributed by atoms with Crippen LogP contribution in [0.25, 0.3) is 0 Å². The summed E-state index contributed by atoms with van der Waals surface area (Å²) in [6, 6.07) is 12.4. The first kappa shape index (κ1) is 17.9. The van der Waals surface area contributed by atoms with Crippen LogP contribution in [0.2, 0.25) is 5.02 Å². The third-order valence-electron chi connectivity index (χ3n) is 3.22. The number of hydrogen-bond acceptors (Lipinski definition) is 3. The van der Waals surface area contributed by atoms with Gasteiger partial charge in [-0.05, 0) is 43.7 Å². The van der Waals surface area contributed by atoms with Crippen LogP contribution < -0.4 is 20.1 Å². The number of ether oxygens (including phenoxy) is 2. The van der Waals surface area contributed by atoms with Gasteiger partial charge in [-0.25, -0.2) is 4.79 Å². The number of halogens is 1. The molecule has 5 nitrogen and oxygen atoms in total. The second-order valence-electron chi connectivity index (χ2n) is 5.10. The second-order valence-corrected chi connectivity index (χ2v) is 5.53. The van der Waals surface area contributed by atoms with Crippen LogP contribution in [-0.2, 0) is 0 Å². The van der Waals surface area contributed by atoms with E-state index in [-0.39, 0.29) is 6.03 Å². The average Bonchev–Trinajstić information content (AvgIpc) is 2.56. The van der Waals surface area contributed by atoms with Crippen molar-refractivity contribution in [3.8, 4) is 11.5 Å². The largest absolute Gasteiger partial charge is 0.494 e. The van der Waals surface area contributed by atoms with Crippen LogP contribution in [0.5, 0.6) is 11.5 Å². The number of rotatable bonds is 7. The maximum atomic E-state index is 11.9. The van der Waals surface area contributed by atoms with Gasteiger partial charge in [-0.3, -0.25) is 0 Å². The van der Waals surface area contributed by atoms with Gasteiger partial charge in [0.1, 0.15) is 18.1 Å². The van der Waals surface area contributed by atoms with Crippen LogP contribution >= 0.6 is 11.6 Å². The lowest BCUT2D eigenvalue weighted by molar-refractivity contribution is 0.247. The van der Waals surface area contributed by atoms with Gasteiger partial charge in [0.05, 0.1) is 13.2 Å². The Hall–Kier alpha value is -2.40. The van der Waals surface area contributed by atoms with Crippen LogP contribution in [0.4, 0.5) is 10.5 Å². The molecule has 2 amide bonds. The first-order chi connectivity index (χ1) is 11.6. The van der Waals surface area contributed by atoms with Gasteiger partial charge >= 0.3 is 6.03 Å². The Kier molecular flexibility index (Phi) is 6.75. The van der Waals surface area contributed by atoms with Crippen molar-refractivity contribution >= 4 is 23.3 Å². The molecule has 2 aromatic carbocycles. The molecule has 6 heteroatoms. The minimum atomic E-state index is -0.299. The van der Waals surface area contributed by atoms with Gasteiger partial charge < -0.3 is 20.1 Å². The Labute approximate surface area is 146 Å². The molecule has 2 N–H and O–H groups in total. The zero-order valence-electron chi connectivity index (χ0n) is 13.8. The lowest BCUT2D eigenvalue weighted by Gasteiger charge is -2.11. The molecule has 2 rings (SSSR count). The van der Waals surface area contributed by atoms with Crippen molar-refractivity contribution in [2.75, 3.05) is 25.1 Å². The van der Waals surface area contributed by atoms with Crippen molar-refractivity contribution in [1.82, 2.24) is 5.32 Å². The number of aryl methyl sites for hydroxylation is 1. The van der Waals surface area contributed by atoms with Crippen molar-refractivity contribution in [3.63, 3.8) is 0 Å². The molecule has 0 aliphatic carbocycles. The zero-order valence-corrected chi connectivity index (χ0v) is 14.5. The highest BCUT2D eigenvalue weighted by Crippen LogP contribution is 2.20. The van der Waals surface area contributed by atoms with Gasteiger partial charge in [0.2, 0.25) is 0 Å². The molecule has 0 saturated heterocycles. The van der Waals surface area contributed by atoms with Crippen molar-refractivity contribution in [2.24, 2.45) is 0 Å². The summed E-state index contributed by atoms with van der Waals surface area (Å²) in [5.74, 6) is 1.46. The molecule has 24 heavy (non-hydrogen) atoms. The van der Waals surface area contributed by atoms with Gasteiger partial charge in [-0.15, -0.1) is 0 Å². The standard InChI is InChI=1S/C18H21ClN2O3/c1-3-23-15-5-4-6-16(12-15)24-10-9-20-18(22)21-17-11-14(19)8-7-13(17)2/h4-8,11-12H,3,9-10H2,1-2H3,(H2,20,21,22). The van der Waals surface area contributed by atoms with Crippen molar-refractivity contribution < 1.29 is 14.3 Å². The average molecular weight is 349 g/mol. The number of benzene rings is 2. The van der Waals surface area contributed by atoms with E-state index in [1.807, 2.05) is 44.2 Å². The normalized spacial score (nSPS) is 10.1. The Morgan fingerprint density at radius 1 is 1.12 bits per heavy atom. The van der Waals surface area contributed by atoms with E-state index in [9.17, 15) is 4.79 Å². The van der Waals surface area contributed by atoms with E-state index in [1.165, 1.54) is 0 Å². The van der Waals surface area contributed by atoms with Crippen LogP contribution in [-0.4, -0.2) is 25.8 Å². The maximum Gasteiger partial charge on any atom is 0.319 e. The molecule has 0 spiro atoms. The SMILES string of the molecule is CCOc1cccc(OCCNC(=O)Nc2cc(Cl)ccc2C)c1. The fourth-order valence-corrected chi connectivity index (χ4v) is 2.22. The molecule has 0 fully saturated rings. The number of hydrogen-bond donors (Lipinski definition) is 2. The van der Waals surface area contributed by atoms with Crippen LogP contribution in [0, 0.1) is 6.92 Å². The van der Waals surface area contributed by atoms with E-state index in [0.29, 0.717) is 36.2 Å². The Morgan fingerprint density at radius 2 is 1.88 bits per heavy atom. The Balaban J connectivity index is 1.75. The number of amides is 2. The third-order valence-corrected chi connectivity index (χ3v) is 3.46. The number of carbonyl (C=O) groups is 1. The quantitative estimate of drug-likeness (QED) is 0.735. The molecule has 0 heterocycles. The van der Waals surface area contributed by atoms with E-state index in [0.717, 1.165) is 11.3 Å². The topological polar surface area (TPSA) is 59.6 Å². The van der Waals surface area contributed by atoms with Crippen molar-refractivity contribution in [3.05, 3.63) is 53.1 Å². The Morgan fingerprint density at radius 3 is 2.62 bits per heavy atom. The van der Waals surface area contributed by atoms with Crippen LogP contribution in [0.1, 0.15) is 12.5 Å². The minimum Gasteiger partial charge on any atom is -0.494 e. The fourth-order valence-electron chi connectivity index (χ4n) is 2.05. The highest BCUT2D eigenvalue weighted by molar-refractivity contribution is 6.31. The van der Waals surface area contributed by atoms with E-state index in [1.54, 1.807) is 12.1 Å². The molecule has 0 saturated carbocycles. The minimum absolute atomic E-state index is 0.299. The molecular weight excluding hydrogens is 328 g/mol. The summed E-state index contributed by atoms with van der Waals surface area (Å²) in [7, 11) is 0. The molecular formula is C18H21ClN2O3. The number of carbonyl (C=O) groups excluding carboxylic acids is 1. The second kappa shape index (κ2) is 9.03. The molecule has 2 aromatic rings. The van der Waals surface area contributed by atoms with Gasteiger partial charge in [-0.2, -0.15) is 0 Å². The van der Waals surface area contributed by atoms with Crippen LogP contribution in [0.3, 0.4) is 0 Å². The van der Waals surface area contributed by atoms with E-state index >= 15 is 0 Å². The monoisotopic (exact) mass is 348 g/mol.